The van der Waals surface area contributed by atoms with Gasteiger partial charge >= 0.3 is 23.9 Å². The third kappa shape index (κ3) is 5.72. The Hall–Kier alpha value is -5.56. The van der Waals surface area contributed by atoms with Gasteiger partial charge in [0.15, 0.2) is 5.60 Å². The molecule has 0 amide bonds. The highest BCUT2D eigenvalue weighted by Crippen LogP contribution is 2.45. The minimum atomic E-state index is -1.92. The number of ether oxygens (including phenoxy) is 5. The van der Waals surface area contributed by atoms with Gasteiger partial charge in [0.2, 0.25) is 5.60 Å². The SMILES string of the molecule is CCc1c2c(nc3ccc(OC(=O)CCC(=O)Oc4c(C)c(C)c5c(c4C)CC[C@](C)(C(=O)OC)O5)cc13)-c1cc3c(c(=O)n1C2)COC(=O)[C@]3(O)CC. The van der Waals surface area contributed by atoms with Crippen molar-refractivity contribution in [1.29, 1.82) is 0 Å². The summed E-state index contributed by atoms with van der Waals surface area (Å²) in [4.78, 5) is 69.5. The molecule has 0 unspecified atom stereocenters. The summed E-state index contributed by atoms with van der Waals surface area (Å²) in [7, 11) is 1.33. The Kier molecular flexibility index (Phi) is 9.12. The number of aromatic nitrogens is 2. The lowest BCUT2D eigenvalue weighted by Gasteiger charge is -2.35. The van der Waals surface area contributed by atoms with Crippen LogP contribution in [0, 0.1) is 20.8 Å². The van der Waals surface area contributed by atoms with Crippen LogP contribution in [0.1, 0.15) is 91.0 Å². The van der Waals surface area contributed by atoms with E-state index in [1.807, 2.05) is 27.7 Å². The zero-order valence-corrected chi connectivity index (χ0v) is 31.4. The molecule has 5 heterocycles. The third-order valence-electron chi connectivity index (χ3n) is 11.2. The lowest BCUT2D eigenvalue weighted by Crippen LogP contribution is -2.45. The fraction of sp³-hybridized carbons (Fsp3) is 0.415. The van der Waals surface area contributed by atoms with Crippen LogP contribution in [0.3, 0.4) is 0 Å². The number of carbonyl (C=O) groups excluding carboxylic acids is 4. The van der Waals surface area contributed by atoms with Gasteiger partial charge in [-0.2, -0.15) is 0 Å². The fourth-order valence-electron chi connectivity index (χ4n) is 7.91. The molecule has 2 aromatic carbocycles. The molecule has 0 bridgehead atoms. The number of aliphatic hydroxyl groups is 1. The molecule has 4 aromatic rings. The second kappa shape index (κ2) is 13.4. The third-order valence-corrected chi connectivity index (χ3v) is 11.2. The molecule has 13 nitrogen and oxygen atoms in total. The van der Waals surface area contributed by atoms with Crippen LogP contribution in [0.4, 0.5) is 0 Å². The number of pyridine rings is 2. The Labute approximate surface area is 311 Å². The molecule has 3 aliphatic heterocycles. The summed E-state index contributed by atoms with van der Waals surface area (Å²) in [5, 5.41) is 11.9. The average molecular weight is 739 g/mol. The molecule has 0 radical (unpaired) electrons. The molecular formula is C41H42N2O11. The molecule has 0 saturated carbocycles. The van der Waals surface area contributed by atoms with Crippen molar-refractivity contribution >= 4 is 34.8 Å². The number of esters is 4. The van der Waals surface area contributed by atoms with Crippen molar-refractivity contribution in [1.82, 2.24) is 9.55 Å². The van der Waals surface area contributed by atoms with E-state index in [1.165, 1.54) is 7.11 Å². The highest BCUT2D eigenvalue weighted by atomic mass is 16.6. The van der Waals surface area contributed by atoms with Crippen molar-refractivity contribution in [2.75, 3.05) is 7.11 Å². The molecule has 7 rings (SSSR count). The lowest BCUT2D eigenvalue weighted by molar-refractivity contribution is -0.172. The zero-order valence-electron chi connectivity index (χ0n) is 31.4. The van der Waals surface area contributed by atoms with Crippen LogP contribution in [-0.4, -0.2) is 51.2 Å². The van der Waals surface area contributed by atoms with Crippen LogP contribution < -0.4 is 19.8 Å². The summed E-state index contributed by atoms with van der Waals surface area (Å²) in [6.45, 7) is 10.9. The number of methoxy groups -OCH3 is 1. The Morgan fingerprint density at radius 2 is 1.69 bits per heavy atom. The van der Waals surface area contributed by atoms with Gasteiger partial charge < -0.3 is 33.4 Å². The summed E-state index contributed by atoms with van der Waals surface area (Å²) in [6, 6.07) is 6.75. The molecule has 2 atom stereocenters. The number of rotatable bonds is 8. The lowest BCUT2D eigenvalue weighted by atomic mass is 9.86. The van der Waals surface area contributed by atoms with Crippen LogP contribution in [0.25, 0.3) is 22.3 Å². The quantitative estimate of drug-likeness (QED) is 0.165. The van der Waals surface area contributed by atoms with E-state index in [0.29, 0.717) is 53.2 Å². The van der Waals surface area contributed by atoms with Crippen molar-refractivity contribution in [3.63, 3.8) is 0 Å². The van der Waals surface area contributed by atoms with E-state index in [9.17, 15) is 29.1 Å². The van der Waals surface area contributed by atoms with Gasteiger partial charge in [0.25, 0.3) is 5.56 Å². The molecule has 0 spiro atoms. The van der Waals surface area contributed by atoms with E-state index in [0.717, 1.165) is 33.2 Å². The molecule has 54 heavy (non-hydrogen) atoms. The Balaban J connectivity index is 1.07. The predicted octanol–water partition coefficient (Wildman–Crippen LogP) is 5.12. The smallest absolute Gasteiger partial charge is 0.349 e. The Morgan fingerprint density at radius 1 is 0.963 bits per heavy atom. The number of hydrogen-bond donors (Lipinski definition) is 1. The summed E-state index contributed by atoms with van der Waals surface area (Å²) >= 11 is 0. The second-order valence-corrected chi connectivity index (χ2v) is 14.3. The first-order valence-corrected chi connectivity index (χ1v) is 18.1. The second-order valence-electron chi connectivity index (χ2n) is 14.3. The number of fused-ring (bicyclic) bond motifs is 6. The van der Waals surface area contributed by atoms with Crippen LogP contribution in [0.5, 0.6) is 17.2 Å². The van der Waals surface area contributed by atoms with Gasteiger partial charge in [0, 0.05) is 28.5 Å². The van der Waals surface area contributed by atoms with Gasteiger partial charge in [-0.1, -0.05) is 13.8 Å². The van der Waals surface area contributed by atoms with Crippen LogP contribution >= 0.6 is 0 Å². The minimum Gasteiger partial charge on any atom is -0.475 e. The van der Waals surface area contributed by atoms with E-state index in [1.54, 1.807) is 42.7 Å². The summed E-state index contributed by atoms with van der Waals surface area (Å²) < 4.78 is 29.4. The number of aryl methyl sites for hydroxylation is 1. The molecule has 1 N–H and O–H groups in total. The highest BCUT2D eigenvalue weighted by molar-refractivity contribution is 5.91. The van der Waals surface area contributed by atoms with E-state index in [4.69, 9.17) is 28.7 Å². The van der Waals surface area contributed by atoms with Crippen molar-refractivity contribution < 1.29 is 48.0 Å². The molecule has 0 saturated heterocycles. The maximum absolute atomic E-state index is 13.6. The number of cyclic esters (lactones) is 1. The van der Waals surface area contributed by atoms with Gasteiger partial charge in [-0.05, 0) is 93.5 Å². The highest BCUT2D eigenvalue weighted by Gasteiger charge is 2.46. The number of benzene rings is 2. The normalized spacial score (nSPS) is 19.5. The molecule has 0 fully saturated rings. The zero-order chi connectivity index (χ0) is 38.9. The molecule has 3 aliphatic rings. The fourth-order valence-corrected chi connectivity index (χ4v) is 7.91. The summed E-state index contributed by atoms with van der Waals surface area (Å²) in [6.07, 6.45) is 1.14. The average Bonchev–Trinajstić information content (AvgIpc) is 3.53. The Morgan fingerprint density at radius 3 is 2.37 bits per heavy atom. The van der Waals surface area contributed by atoms with Crippen molar-refractivity contribution in [3.05, 3.63) is 79.1 Å². The first-order valence-electron chi connectivity index (χ1n) is 18.1. The van der Waals surface area contributed by atoms with Crippen molar-refractivity contribution in [2.45, 2.75) is 104 Å². The van der Waals surface area contributed by atoms with Crippen LogP contribution in [0.15, 0.2) is 29.1 Å². The Bertz CT molecular complexity index is 2380. The van der Waals surface area contributed by atoms with Gasteiger partial charge in [0.1, 0.15) is 23.9 Å². The first kappa shape index (κ1) is 36.8. The molecule has 0 aliphatic carbocycles. The van der Waals surface area contributed by atoms with Crippen LogP contribution in [0.2, 0.25) is 0 Å². The van der Waals surface area contributed by atoms with Crippen molar-refractivity contribution in [2.24, 2.45) is 0 Å². The minimum absolute atomic E-state index is 0.0482. The summed E-state index contributed by atoms with van der Waals surface area (Å²) in [5.74, 6) is -1.17. The first-order chi connectivity index (χ1) is 25.6. The standard InChI is InChI=1S/C41H42N2O11/c1-8-24-26-16-23(10-11-30(26)42-34-27(24)18-43-31(34)17-29-28(37(43)46)19-51-39(48)41(29,49)9-2)52-32(44)12-13-33(45)53-35-20(3)21(4)36-25(22(35)5)14-15-40(6,54-36)38(47)50-7/h10-11,16-17,49H,8-9,12-15,18-19H2,1-7H3/t40-,41+/m1/s1. The maximum atomic E-state index is 13.6. The predicted molar refractivity (Wildman–Crippen MR) is 194 cm³/mol. The van der Waals surface area contributed by atoms with Gasteiger partial charge in [-0.3, -0.25) is 14.4 Å². The van der Waals surface area contributed by atoms with Gasteiger partial charge in [-0.15, -0.1) is 0 Å². The molecule has 2 aromatic heterocycles. The van der Waals surface area contributed by atoms with E-state index in [2.05, 4.69) is 0 Å². The van der Waals surface area contributed by atoms with Crippen LogP contribution in [-0.2, 0) is 60.2 Å². The van der Waals surface area contributed by atoms with E-state index in [-0.39, 0.29) is 54.8 Å². The van der Waals surface area contributed by atoms with E-state index < -0.39 is 35.1 Å². The van der Waals surface area contributed by atoms with Gasteiger partial charge in [0.05, 0.1) is 49.0 Å². The largest absolute Gasteiger partial charge is 0.475 e. The van der Waals surface area contributed by atoms with E-state index >= 15 is 0 Å². The molecule has 13 heteroatoms. The number of nitrogens with zero attached hydrogens (tertiary/aromatic N) is 2. The monoisotopic (exact) mass is 738 g/mol. The maximum Gasteiger partial charge on any atom is 0.349 e. The number of carbonyl (C=O) groups is 4. The molecule has 282 valence electrons. The number of hydrogen-bond acceptors (Lipinski definition) is 12. The molecular weight excluding hydrogens is 696 g/mol. The topological polar surface area (TPSA) is 170 Å². The van der Waals surface area contributed by atoms with Gasteiger partial charge in [-0.25, -0.2) is 14.6 Å². The van der Waals surface area contributed by atoms with Crippen molar-refractivity contribution in [3.8, 4) is 28.6 Å². The summed E-state index contributed by atoms with van der Waals surface area (Å²) in [5.41, 5.74) is 3.62.